The van der Waals surface area contributed by atoms with Gasteiger partial charge < -0.3 is 5.32 Å². The molecule has 0 unspecified atom stereocenters. The number of nitrogens with one attached hydrogen (secondary N) is 1. The van der Waals surface area contributed by atoms with Crippen LogP contribution in [-0.2, 0) is 13.1 Å². The predicted molar refractivity (Wildman–Crippen MR) is 86.7 cm³/mol. The van der Waals surface area contributed by atoms with Crippen LogP contribution < -0.4 is 5.32 Å². The van der Waals surface area contributed by atoms with Crippen molar-refractivity contribution in [3.63, 3.8) is 0 Å². The van der Waals surface area contributed by atoms with E-state index >= 15 is 0 Å². The summed E-state index contributed by atoms with van der Waals surface area (Å²) in [6.07, 6.45) is 4.60. The van der Waals surface area contributed by atoms with Crippen molar-refractivity contribution < 1.29 is 0 Å². The number of nitrogens with zero attached hydrogens (tertiary/aromatic N) is 2. The number of aromatic nitrogens is 2. The topological polar surface area (TPSA) is 29.9 Å². The maximum absolute atomic E-state index is 6.08. The van der Waals surface area contributed by atoms with Crippen LogP contribution >= 0.6 is 11.6 Å². The van der Waals surface area contributed by atoms with Gasteiger partial charge in [0.25, 0.3) is 0 Å². The summed E-state index contributed by atoms with van der Waals surface area (Å²) >= 11 is 6.08. The molecular formula is C17H22ClN3. The smallest absolute Gasteiger partial charge is 0.0663 e. The summed E-state index contributed by atoms with van der Waals surface area (Å²) in [4.78, 5) is 0. The van der Waals surface area contributed by atoms with Crippen molar-refractivity contribution in [3.8, 4) is 0 Å². The molecule has 1 aromatic carbocycles. The minimum Gasteiger partial charge on any atom is -0.310 e. The van der Waals surface area contributed by atoms with Gasteiger partial charge in [-0.3, -0.25) is 4.68 Å². The van der Waals surface area contributed by atoms with E-state index in [1.807, 2.05) is 24.4 Å². The molecule has 0 amide bonds. The second-order valence-corrected chi connectivity index (χ2v) is 6.59. The largest absolute Gasteiger partial charge is 0.310 e. The van der Waals surface area contributed by atoms with E-state index in [0.29, 0.717) is 12.0 Å². The summed E-state index contributed by atoms with van der Waals surface area (Å²) in [5.74, 6) is 0.690. The summed E-state index contributed by atoms with van der Waals surface area (Å²) in [5, 5.41) is 8.90. The van der Waals surface area contributed by atoms with Crippen molar-refractivity contribution in [3.05, 3.63) is 52.3 Å². The Morgan fingerprint density at radius 1 is 1.38 bits per heavy atom. The molecule has 3 nitrogen and oxygen atoms in total. The van der Waals surface area contributed by atoms with Gasteiger partial charge in [0, 0.05) is 34.8 Å². The Balaban J connectivity index is 1.81. The normalized spacial score (nSPS) is 14.9. The number of hydrogen-bond acceptors (Lipinski definition) is 2. The molecule has 0 radical (unpaired) electrons. The first-order chi connectivity index (χ1) is 10.1. The molecule has 21 heavy (non-hydrogen) atoms. The van der Waals surface area contributed by atoms with Gasteiger partial charge >= 0.3 is 0 Å². The molecule has 1 saturated carbocycles. The SMILES string of the molecule is CC(C)NCc1cnn(Cc2cccc(Cl)c2)c1C1CC1. The maximum Gasteiger partial charge on any atom is 0.0663 e. The Hall–Kier alpha value is -1.32. The number of rotatable bonds is 6. The molecule has 1 aliphatic rings. The summed E-state index contributed by atoms with van der Waals surface area (Å²) in [6.45, 7) is 6.05. The van der Waals surface area contributed by atoms with Crippen molar-refractivity contribution in [1.82, 2.24) is 15.1 Å². The summed E-state index contributed by atoms with van der Waals surface area (Å²) < 4.78 is 2.15. The lowest BCUT2D eigenvalue weighted by Gasteiger charge is -2.11. The second kappa shape index (κ2) is 6.20. The Bertz CT molecular complexity index is 614. The molecule has 0 spiro atoms. The van der Waals surface area contributed by atoms with E-state index in [1.54, 1.807) is 0 Å². The monoisotopic (exact) mass is 303 g/mol. The van der Waals surface area contributed by atoms with Crippen molar-refractivity contribution in [1.29, 1.82) is 0 Å². The van der Waals surface area contributed by atoms with E-state index in [0.717, 1.165) is 18.1 Å². The predicted octanol–water partition coefficient (Wildman–Crippen LogP) is 3.96. The average Bonchev–Trinajstić information content (AvgIpc) is 3.19. The van der Waals surface area contributed by atoms with E-state index < -0.39 is 0 Å². The summed E-state index contributed by atoms with van der Waals surface area (Å²) in [6, 6.07) is 8.53. The Kier molecular flexibility index (Phi) is 4.32. The Morgan fingerprint density at radius 3 is 2.86 bits per heavy atom. The van der Waals surface area contributed by atoms with Crippen LogP contribution in [0.5, 0.6) is 0 Å². The van der Waals surface area contributed by atoms with Crippen molar-refractivity contribution >= 4 is 11.6 Å². The van der Waals surface area contributed by atoms with Crippen LogP contribution in [0.1, 0.15) is 49.4 Å². The highest BCUT2D eigenvalue weighted by Crippen LogP contribution is 2.41. The quantitative estimate of drug-likeness (QED) is 0.875. The van der Waals surface area contributed by atoms with Gasteiger partial charge in [-0.25, -0.2) is 0 Å². The van der Waals surface area contributed by atoms with E-state index in [9.17, 15) is 0 Å². The fraction of sp³-hybridized carbons (Fsp3) is 0.471. The fourth-order valence-corrected chi connectivity index (χ4v) is 2.86. The molecule has 112 valence electrons. The van der Waals surface area contributed by atoms with Crippen LogP contribution in [0.15, 0.2) is 30.5 Å². The molecule has 0 saturated heterocycles. The van der Waals surface area contributed by atoms with Crippen LogP contribution in [0.3, 0.4) is 0 Å². The van der Waals surface area contributed by atoms with E-state index in [-0.39, 0.29) is 0 Å². The molecule has 0 aliphatic heterocycles. The minimum absolute atomic E-state index is 0.494. The van der Waals surface area contributed by atoms with Crippen LogP contribution in [0.2, 0.25) is 5.02 Å². The average molecular weight is 304 g/mol. The van der Waals surface area contributed by atoms with Crippen LogP contribution in [0.25, 0.3) is 0 Å². The van der Waals surface area contributed by atoms with Crippen LogP contribution in [0.4, 0.5) is 0 Å². The first kappa shape index (κ1) is 14.6. The van der Waals surface area contributed by atoms with E-state index in [4.69, 9.17) is 11.6 Å². The second-order valence-electron chi connectivity index (χ2n) is 6.15. The highest BCUT2D eigenvalue weighted by atomic mass is 35.5. The fourth-order valence-electron chi connectivity index (χ4n) is 2.65. The third-order valence-corrected chi connectivity index (χ3v) is 4.08. The number of benzene rings is 1. The van der Waals surface area contributed by atoms with Gasteiger partial charge in [0.05, 0.1) is 12.7 Å². The molecule has 2 aromatic rings. The highest BCUT2D eigenvalue weighted by Gasteiger charge is 2.30. The molecule has 3 rings (SSSR count). The molecule has 0 atom stereocenters. The first-order valence-electron chi connectivity index (χ1n) is 7.66. The zero-order valence-corrected chi connectivity index (χ0v) is 13.4. The number of hydrogen-bond donors (Lipinski definition) is 1. The Morgan fingerprint density at radius 2 is 2.19 bits per heavy atom. The van der Waals surface area contributed by atoms with Crippen molar-refractivity contribution in [2.24, 2.45) is 0 Å². The highest BCUT2D eigenvalue weighted by molar-refractivity contribution is 6.30. The van der Waals surface area contributed by atoms with Gasteiger partial charge in [-0.15, -0.1) is 0 Å². The number of halogens is 1. The van der Waals surface area contributed by atoms with Gasteiger partial charge in [0.2, 0.25) is 0 Å². The zero-order valence-electron chi connectivity index (χ0n) is 12.6. The van der Waals surface area contributed by atoms with Gasteiger partial charge in [-0.05, 0) is 30.5 Å². The molecule has 1 N–H and O–H groups in total. The van der Waals surface area contributed by atoms with Gasteiger partial charge in [0.15, 0.2) is 0 Å². The molecule has 1 aromatic heterocycles. The van der Waals surface area contributed by atoms with E-state index in [2.05, 4.69) is 35.0 Å². The van der Waals surface area contributed by atoms with Gasteiger partial charge in [0.1, 0.15) is 0 Å². The summed E-state index contributed by atoms with van der Waals surface area (Å²) in [5.41, 5.74) is 3.95. The van der Waals surface area contributed by atoms with Crippen molar-refractivity contribution in [2.75, 3.05) is 0 Å². The molecule has 4 heteroatoms. The summed E-state index contributed by atoms with van der Waals surface area (Å²) in [7, 11) is 0. The maximum atomic E-state index is 6.08. The van der Waals surface area contributed by atoms with Crippen LogP contribution in [-0.4, -0.2) is 15.8 Å². The lowest BCUT2D eigenvalue weighted by molar-refractivity contribution is 0.582. The third-order valence-electron chi connectivity index (χ3n) is 3.85. The standard InChI is InChI=1S/C17H22ClN3/c1-12(2)19-9-15-10-20-21(17(15)14-6-7-14)11-13-4-3-5-16(18)8-13/h3-5,8,10,12,14,19H,6-7,9,11H2,1-2H3. The van der Waals surface area contributed by atoms with Gasteiger partial charge in [-0.1, -0.05) is 37.6 Å². The molecule has 0 bridgehead atoms. The van der Waals surface area contributed by atoms with Crippen LogP contribution in [0, 0.1) is 0 Å². The molecule has 1 heterocycles. The zero-order chi connectivity index (χ0) is 14.8. The van der Waals surface area contributed by atoms with Gasteiger partial charge in [-0.2, -0.15) is 5.10 Å². The molecule has 1 fully saturated rings. The lowest BCUT2D eigenvalue weighted by atomic mass is 10.1. The molecular weight excluding hydrogens is 282 g/mol. The lowest BCUT2D eigenvalue weighted by Crippen LogP contribution is -2.22. The molecule has 1 aliphatic carbocycles. The minimum atomic E-state index is 0.494. The van der Waals surface area contributed by atoms with E-state index in [1.165, 1.54) is 29.7 Å². The van der Waals surface area contributed by atoms with Crippen molar-refractivity contribution in [2.45, 2.75) is 51.7 Å². The Labute approximate surface area is 131 Å². The first-order valence-corrected chi connectivity index (χ1v) is 8.03. The third kappa shape index (κ3) is 3.66.